The normalized spacial score (nSPS) is 27.0. The number of carboxylic acid groups (broad SMARTS) is 1. The van der Waals surface area contributed by atoms with E-state index in [0.717, 1.165) is 41.5 Å². The maximum atomic E-state index is 11.2. The van der Waals surface area contributed by atoms with Gasteiger partial charge in [0.05, 0.1) is 0 Å². The molecule has 0 unspecified atom stereocenters. The van der Waals surface area contributed by atoms with Crippen molar-refractivity contribution in [3.05, 3.63) is 23.2 Å². The number of carboxylic acids is 1. The van der Waals surface area contributed by atoms with Crippen molar-refractivity contribution in [2.45, 2.75) is 6.42 Å². The predicted octanol–water partition coefficient (Wildman–Crippen LogP) is 2.71. The molecule has 1 aliphatic heterocycles. The lowest BCUT2D eigenvalue weighted by molar-refractivity contribution is 0.0702. The van der Waals surface area contributed by atoms with Crippen molar-refractivity contribution < 1.29 is 14.6 Å². The molecule has 3 heterocycles. The fraction of sp³-hybridized carbons (Fsp3) is 0.500. The number of methoxy groups -OCH3 is 1. The summed E-state index contributed by atoms with van der Waals surface area (Å²) in [7, 11) is 1.77. The number of pyridine rings is 1. The largest absolute Gasteiger partial charge is 0.477 e. The number of piperidine rings is 1. The van der Waals surface area contributed by atoms with E-state index in [1.54, 1.807) is 19.4 Å². The van der Waals surface area contributed by atoms with Crippen molar-refractivity contribution in [2.24, 2.45) is 17.8 Å². The van der Waals surface area contributed by atoms with Gasteiger partial charge in [0, 0.05) is 43.1 Å². The summed E-state index contributed by atoms with van der Waals surface area (Å²) in [5, 5.41) is 10.2. The highest BCUT2D eigenvalue weighted by molar-refractivity contribution is 7.20. The molecular weight excluding hydrogens is 300 g/mol. The van der Waals surface area contributed by atoms with E-state index in [4.69, 9.17) is 4.74 Å². The van der Waals surface area contributed by atoms with Gasteiger partial charge in [0.25, 0.3) is 0 Å². The van der Waals surface area contributed by atoms with E-state index in [2.05, 4.69) is 9.88 Å². The van der Waals surface area contributed by atoms with Crippen molar-refractivity contribution in [3.8, 4) is 0 Å². The third kappa shape index (κ3) is 2.18. The number of fused-ring (bicyclic) bond motifs is 2. The number of carbonyl (C=O) groups is 1. The van der Waals surface area contributed by atoms with Crippen LogP contribution < -0.4 is 4.90 Å². The number of nitrogens with zero attached hydrogens (tertiary/aromatic N) is 2. The van der Waals surface area contributed by atoms with E-state index < -0.39 is 5.97 Å². The molecule has 1 saturated heterocycles. The topological polar surface area (TPSA) is 62.7 Å². The third-order valence-corrected chi connectivity index (χ3v) is 6.05. The van der Waals surface area contributed by atoms with Gasteiger partial charge in [-0.25, -0.2) is 9.78 Å². The fourth-order valence-corrected chi connectivity index (χ4v) is 4.70. The second-order valence-corrected chi connectivity index (χ2v) is 7.23. The average molecular weight is 318 g/mol. The molecule has 3 atom stereocenters. The highest BCUT2D eigenvalue weighted by Crippen LogP contribution is 2.52. The molecule has 1 aliphatic carbocycles. The van der Waals surface area contributed by atoms with E-state index in [0.29, 0.717) is 16.7 Å². The molecule has 0 spiro atoms. The molecule has 4 rings (SSSR count). The molecule has 1 N–H and O–H groups in total. The summed E-state index contributed by atoms with van der Waals surface area (Å²) in [5.74, 6) is 2.25. The molecule has 1 saturated carbocycles. The Labute approximate surface area is 132 Å². The van der Waals surface area contributed by atoms with Crippen LogP contribution >= 0.6 is 11.3 Å². The van der Waals surface area contributed by atoms with Gasteiger partial charge in [-0.05, 0) is 36.3 Å². The number of hydrogen-bond donors (Lipinski definition) is 1. The Morgan fingerprint density at radius 3 is 3.18 bits per heavy atom. The predicted molar refractivity (Wildman–Crippen MR) is 85.8 cm³/mol. The zero-order valence-electron chi connectivity index (χ0n) is 12.4. The lowest BCUT2D eigenvalue weighted by Crippen LogP contribution is -2.32. The Kier molecular flexibility index (Phi) is 3.31. The quantitative estimate of drug-likeness (QED) is 0.939. The average Bonchev–Trinajstić information content (AvgIpc) is 3.01. The zero-order valence-corrected chi connectivity index (χ0v) is 13.2. The van der Waals surface area contributed by atoms with Gasteiger partial charge in [-0.1, -0.05) is 0 Å². The number of rotatable bonds is 4. The van der Waals surface area contributed by atoms with Crippen molar-refractivity contribution in [2.75, 3.05) is 31.7 Å². The Morgan fingerprint density at radius 1 is 1.55 bits per heavy atom. The summed E-state index contributed by atoms with van der Waals surface area (Å²) >= 11 is 1.32. The van der Waals surface area contributed by atoms with Gasteiger partial charge in [0.15, 0.2) is 0 Å². The molecule has 116 valence electrons. The van der Waals surface area contributed by atoms with Crippen molar-refractivity contribution >= 4 is 33.2 Å². The van der Waals surface area contributed by atoms with Gasteiger partial charge in [0.1, 0.15) is 10.7 Å². The van der Waals surface area contributed by atoms with Crippen LogP contribution in [0.3, 0.4) is 0 Å². The third-order valence-electron chi connectivity index (χ3n) is 4.97. The Hall–Kier alpha value is -1.66. The summed E-state index contributed by atoms with van der Waals surface area (Å²) in [6.07, 6.45) is 2.96. The Bertz CT molecular complexity index is 729. The lowest BCUT2D eigenvalue weighted by atomic mass is 10.1. The number of aromatic nitrogens is 1. The van der Waals surface area contributed by atoms with Gasteiger partial charge in [-0.2, -0.15) is 0 Å². The first-order valence-corrected chi connectivity index (χ1v) is 8.36. The lowest BCUT2D eigenvalue weighted by Gasteiger charge is -2.27. The van der Waals surface area contributed by atoms with Gasteiger partial charge >= 0.3 is 5.97 Å². The molecule has 22 heavy (non-hydrogen) atoms. The van der Waals surface area contributed by atoms with Crippen molar-refractivity contribution in [3.63, 3.8) is 0 Å². The maximum absolute atomic E-state index is 11.2. The van der Waals surface area contributed by atoms with Crippen molar-refractivity contribution in [1.82, 2.24) is 4.98 Å². The number of hydrogen-bond acceptors (Lipinski definition) is 5. The smallest absolute Gasteiger partial charge is 0.345 e. The highest BCUT2D eigenvalue weighted by Gasteiger charge is 2.52. The summed E-state index contributed by atoms with van der Waals surface area (Å²) in [6.45, 7) is 2.84. The molecule has 0 aromatic carbocycles. The highest BCUT2D eigenvalue weighted by atomic mass is 32.1. The number of thiophene rings is 1. The van der Waals surface area contributed by atoms with Crippen LogP contribution in [0.1, 0.15) is 16.1 Å². The molecule has 0 radical (unpaired) electrons. The second-order valence-electron chi connectivity index (χ2n) is 6.14. The van der Waals surface area contributed by atoms with Gasteiger partial charge in [0.2, 0.25) is 0 Å². The Morgan fingerprint density at radius 2 is 2.41 bits per heavy atom. The minimum absolute atomic E-state index is 0.378. The van der Waals surface area contributed by atoms with Gasteiger partial charge in [-0.15, -0.1) is 11.3 Å². The fourth-order valence-electron chi connectivity index (χ4n) is 3.81. The minimum Gasteiger partial charge on any atom is -0.477 e. The van der Waals surface area contributed by atoms with E-state index in [9.17, 15) is 9.90 Å². The van der Waals surface area contributed by atoms with E-state index >= 15 is 0 Å². The first-order valence-electron chi connectivity index (χ1n) is 7.54. The molecule has 6 heteroatoms. The van der Waals surface area contributed by atoms with Crippen LogP contribution in [0, 0.1) is 17.8 Å². The Balaban J connectivity index is 1.63. The van der Waals surface area contributed by atoms with E-state index in [1.807, 2.05) is 6.07 Å². The second kappa shape index (κ2) is 5.21. The van der Waals surface area contributed by atoms with Crippen LogP contribution in [0.15, 0.2) is 18.3 Å². The van der Waals surface area contributed by atoms with E-state index in [-0.39, 0.29) is 0 Å². The van der Waals surface area contributed by atoms with Crippen LogP contribution in [0.2, 0.25) is 0 Å². The molecule has 0 bridgehead atoms. The monoisotopic (exact) mass is 318 g/mol. The van der Waals surface area contributed by atoms with Crippen molar-refractivity contribution in [1.29, 1.82) is 0 Å². The molecule has 2 fully saturated rings. The molecule has 2 aromatic heterocycles. The molecular formula is C16H18N2O3S. The first-order chi connectivity index (χ1) is 10.7. The zero-order chi connectivity index (χ0) is 15.3. The van der Waals surface area contributed by atoms with Gasteiger partial charge < -0.3 is 14.7 Å². The standard InChI is InChI=1S/C16H18N2O3S/c1-21-8-12-9-3-5-18(7-11(9)12)15-10-6-14(16(19)20)22-13(10)2-4-17-15/h2,4,6,9,11-12H,3,5,7-8H2,1H3,(H,19,20)/t9-,11+,12+/m0/s1. The van der Waals surface area contributed by atoms with Gasteiger partial charge in [-0.3, -0.25) is 0 Å². The molecule has 2 aliphatic rings. The van der Waals surface area contributed by atoms with Crippen LogP contribution in [0.5, 0.6) is 0 Å². The summed E-state index contributed by atoms with van der Waals surface area (Å²) < 4.78 is 6.30. The summed E-state index contributed by atoms with van der Waals surface area (Å²) in [5.41, 5.74) is 0. The molecule has 2 aromatic rings. The number of aromatic carboxylic acids is 1. The summed E-state index contributed by atoms with van der Waals surface area (Å²) in [6, 6.07) is 3.66. The van der Waals surface area contributed by atoms with Crippen LogP contribution in [-0.2, 0) is 4.74 Å². The molecule has 0 amide bonds. The minimum atomic E-state index is -0.867. The summed E-state index contributed by atoms with van der Waals surface area (Å²) in [4.78, 5) is 18.4. The van der Waals surface area contributed by atoms with Crippen LogP contribution in [0.25, 0.3) is 10.1 Å². The maximum Gasteiger partial charge on any atom is 0.345 e. The number of ether oxygens (including phenoxy) is 1. The molecule has 5 nitrogen and oxygen atoms in total. The van der Waals surface area contributed by atoms with E-state index in [1.165, 1.54) is 17.8 Å². The number of anilines is 1. The first kappa shape index (κ1) is 14.0. The SMILES string of the molecule is COC[C@@H]1[C@H]2CCN(c3nccc4sc(C(=O)O)cc34)C[C@H]21. The van der Waals surface area contributed by atoms with Crippen LogP contribution in [-0.4, -0.2) is 42.9 Å². The van der Waals surface area contributed by atoms with Crippen LogP contribution in [0.4, 0.5) is 5.82 Å².